The zero-order chi connectivity index (χ0) is 15.4. The monoisotopic (exact) mass is 286 g/mol. The lowest BCUT2D eigenvalue weighted by molar-refractivity contribution is -0.118. The summed E-state index contributed by atoms with van der Waals surface area (Å²) in [5.74, 6) is 0.305. The predicted octanol–water partition coefficient (Wildman–Crippen LogP) is 2.15. The quantitative estimate of drug-likeness (QED) is 0.902. The molecule has 0 aliphatic heterocycles. The van der Waals surface area contributed by atoms with Crippen LogP contribution in [-0.4, -0.2) is 24.5 Å². The number of rotatable bonds is 4. The van der Waals surface area contributed by atoms with Crippen LogP contribution in [-0.2, 0) is 4.79 Å². The molecule has 2 aromatic carbocycles. The second-order valence-electron chi connectivity index (χ2n) is 4.90. The number of amides is 1. The first-order chi connectivity index (χ1) is 9.99. The molecule has 3 N–H and O–H groups in total. The highest BCUT2D eigenvalue weighted by Gasteiger charge is 2.12. The lowest BCUT2D eigenvalue weighted by Crippen LogP contribution is -2.42. The molecule has 1 atom stereocenters. The number of ether oxygens (including phenoxy) is 1. The van der Waals surface area contributed by atoms with Gasteiger partial charge in [-0.1, -0.05) is 30.3 Å². The maximum atomic E-state index is 11.7. The second kappa shape index (κ2) is 6.37. The van der Waals surface area contributed by atoms with Crippen LogP contribution in [0.1, 0.15) is 12.5 Å². The van der Waals surface area contributed by atoms with Crippen LogP contribution in [0.5, 0.6) is 5.75 Å². The van der Waals surface area contributed by atoms with Gasteiger partial charge in [-0.05, 0) is 36.2 Å². The van der Waals surface area contributed by atoms with Gasteiger partial charge >= 0.3 is 6.09 Å². The molecule has 0 spiro atoms. The fourth-order valence-corrected chi connectivity index (χ4v) is 1.99. The maximum Gasteiger partial charge on any atom is 0.412 e. The lowest BCUT2D eigenvalue weighted by Gasteiger charge is -2.12. The topological polar surface area (TPSA) is 81.4 Å². The summed E-state index contributed by atoms with van der Waals surface area (Å²) in [6, 6.07) is 10.8. The van der Waals surface area contributed by atoms with Crippen molar-refractivity contribution < 1.29 is 14.3 Å². The molecule has 0 unspecified atom stereocenters. The molecule has 0 heterocycles. The van der Waals surface area contributed by atoms with Gasteiger partial charge in [-0.2, -0.15) is 0 Å². The number of carbonyl (C=O) groups excluding carboxylic acids is 2. The van der Waals surface area contributed by atoms with E-state index in [1.54, 1.807) is 6.07 Å². The molecule has 21 heavy (non-hydrogen) atoms. The van der Waals surface area contributed by atoms with Gasteiger partial charge in [0.15, 0.2) is 0 Å². The van der Waals surface area contributed by atoms with Crippen LogP contribution in [0.25, 0.3) is 10.8 Å². The first-order valence-electron chi connectivity index (χ1n) is 6.69. The Hall–Kier alpha value is -2.40. The zero-order valence-electron chi connectivity index (χ0n) is 12.1. The van der Waals surface area contributed by atoms with E-state index in [9.17, 15) is 9.59 Å². The van der Waals surface area contributed by atoms with Crippen molar-refractivity contribution in [2.75, 3.05) is 6.54 Å². The molecule has 0 aliphatic carbocycles. The highest BCUT2D eigenvalue weighted by atomic mass is 16.6. The van der Waals surface area contributed by atoms with Crippen molar-refractivity contribution in [1.29, 1.82) is 0 Å². The van der Waals surface area contributed by atoms with Crippen molar-refractivity contribution >= 4 is 22.6 Å². The van der Waals surface area contributed by atoms with Gasteiger partial charge in [0, 0.05) is 6.54 Å². The molecule has 0 saturated heterocycles. The number of benzene rings is 2. The number of aryl methyl sites for hydroxylation is 1. The first-order valence-corrected chi connectivity index (χ1v) is 6.69. The van der Waals surface area contributed by atoms with Crippen molar-refractivity contribution in [3.8, 4) is 5.75 Å². The van der Waals surface area contributed by atoms with E-state index in [4.69, 9.17) is 10.5 Å². The van der Waals surface area contributed by atoms with Crippen LogP contribution < -0.4 is 15.8 Å². The van der Waals surface area contributed by atoms with Crippen molar-refractivity contribution in [2.24, 2.45) is 5.73 Å². The molecule has 5 heteroatoms. The van der Waals surface area contributed by atoms with Crippen LogP contribution in [0.15, 0.2) is 36.4 Å². The lowest BCUT2D eigenvalue weighted by atomic mass is 10.1. The molecule has 5 nitrogen and oxygen atoms in total. The minimum Gasteiger partial charge on any atom is -0.410 e. The molecule has 0 saturated carbocycles. The summed E-state index contributed by atoms with van der Waals surface area (Å²) < 4.78 is 5.27. The number of hydrogen-bond donors (Lipinski definition) is 2. The Morgan fingerprint density at radius 1 is 1.24 bits per heavy atom. The summed E-state index contributed by atoms with van der Waals surface area (Å²) in [7, 11) is 0. The molecule has 0 bridgehead atoms. The summed E-state index contributed by atoms with van der Waals surface area (Å²) in [6.45, 7) is 3.33. The van der Waals surface area contributed by atoms with Gasteiger partial charge in [0.05, 0.1) is 6.04 Å². The summed E-state index contributed by atoms with van der Waals surface area (Å²) in [6.07, 6.45) is -0.620. The van der Waals surface area contributed by atoms with Crippen LogP contribution in [0.4, 0.5) is 4.79 Å². The standard InChI is InChI=1S/C16H18N2O3/c1-10-13-6-4-3-5-12(13)7-8-15(10)21-16(20)18-9-14(17)11(2)19/h3-8,14H,9,17H2,1-2H3,(H,18,20)/t14-/m0/s1. The minimum atomic E-state index is -0.713. The number of fused-ring (bicyclic) bond motifs is 1. The van der Waals surface area contributed by atoms with Crippen LogP contribution in [0.3, 0.4) is 0 Å². The average Bonchev–Trinajstić information content (AvgIpc) is 2.48. The fraction of sp³-hybridized carbons (Fsp3) is 0.250. The minimum absolute atomic E-state index is 0.0563. The van der Waals surface area contributed by atoms with E-state index in [0.717, 1.165) is 16.3 Å². The normalized spacial score (nSPS) is 12.0. The molecular weight excluding hydrogens is 268 g/mol. The third-order valence-electron chi connectivity index (χ3n) is 3.34. The second-order valence-corrected chi connectivity index (χ2v) is 4.90. The molecule has 0 fully saturated rings. The molecular formula is C16H18N2O3. The number of hydrogen-bond acceptors (Lipinski definition) is 4. The average molecular weight is 286 g/mol. The zero-order valence-corrected chi connectivity index (χ0v) is 12.1. The number of Topliss-reactive ketones (excluding diaryl/α,β-unsaturated/α-hetero) is 1. The van der Waals surface area contributed by atoms with Gasteiger partial charge in [0.1, 0.15) is 11.5 Å². The Balaban J connectivity index is 2.08. The molecule has 0 aliphatic rings. The molecule has 2 aromatic rings. The van der Waals surface area contributed by atoms with Crippen LogP contribution in [0.2, 0.25) is 0 Å². The van der Waals surface area contributed by atoms with Crippen molar-refractivity contribution in [2.45, 2.75) is 19.9 Å². The number of nitrogens with one attached hydrogen (secondary N) is 1. The summed E-state index contributed by atoms with van der Waals surface area (Å²) in [4.78, 5) is 22.7. The van der Waals surface area contributed by atoms with E-state index in [2.05, 4.69) is 5.32 Å². The molecule has 110 valence electrons. The SMILES string of the molecule is CC(=O)[C@@H](N)CNC(=O)Oc1ccc2ccccc2c1C. The fourth-order valence-electron chi connectivity index (χ4n) is 1.99. The first kappa shape index (κ1) is 15.0. The molecule has 1 amide bonds. The van der Waals surface area contributed by atoms with Gasteiger partial charge in [0.2, 0.25) is 0 Å². The van der Waals surface area contributed by atoms with Crippen LogP contribution in [0, 0.1) is 6.92 Å². The Bertz CT molecular complexity index is 682. The Kier molecular flexibility index (Phi) is 4.55. The number of carbonyl (C=O) groups is 2. The smallest absolute Gasteiger partial charge is 0.410 e. The highest BCUT2D eigenvalue weighted by molar-refractivity contribution is 5.88. The maximum absolute atomic E-state index is 11.7. The van der Waals surface area contributed by atoms with E-state index >= 15 is 0 Å². The van der Waals surface area contributed by atoms with E-state index < -0.39 is 12.1 Å². The van der Waals surface area contributed by atoms with Gasteiger partial charge < -0.3 is 15.8 Å². The van der Waals surface area contributed by atoms with E-state index in [1.807, 2.05) is 37.3 Å². The Morgan fingerprint density at radius 3 is 2.67 bits per heavy atom. The van der Waals surface area contributed by atoms with Crippen molar-refractivity contribution in [1.82, 2.24) is 5.32 Å². The summed E-state index contributed by atoms with van der Waals surface area (Å²) in [5, 5.41) is 4.60. The third-order valence-corrected chi connectivity index (χ3v) is 3.34. The largest absolute Gasteiger partial charge is 0.412 e. The number of nitrogens with two attached hydrogens (primary N) is 1. The van der Waals surface area contributed by atoms with Gasteiger partial charge in [0.25, 0.3) is 0 Å². The highest BCUT2D eigenvalue weighted by Crippen LogP contribution is 2.26. The Labute approximate surface area is 123 Å². The molecule has 0 aromatic heterocycles. The van der Waals surface area contributed by atoms with E-state index in [0.29, 0.717) is 5.75 Å². The van der Waals surface area contributed by atoms with Gasteiger partial charge in [-0.15, -0.1) is 0 Å². The Morgan fingerprint density at radius 2 is 1.95 bits per heavy atom. The summed E-state index contributed by atoms with van der Waals surface area (Å²) >= 11 is 0. The van der Waals surface area contributed by atoms with Gasteiger partial charge in [-0.25, -0.2) is 4.79 Å². The third kappa shape index (κ3) is 3.58. The van der Waals surface area contributed by atoms with Crippen LogP contribution >= 0.6 is 0 Å². The van der Waals surface area contributed by atoms with Gasteiger partial charge in [-0.3, -0.25) is 4.79 Å². The summed E-state index contributed by atoms with van der Waals surface area (Å²) in [5.41, 5.74) is 6.43. The van der Waals surface area contributed by atoms with E-state index in [1.165, 1.54) is 6.92 Å². The molecule has 0 radical (unpaired) electrons. The van der Waals surface area contributed by atoms with Crippen molar-refractivity contribution in [3.05, 3.63) is 42.0 Å². The van der Waals surface area contributed by atoms with E-state index in [-0.39, 0.29) is 12.3 Å². The molecule has 2 rings (SSSR count). The number of ketones is 1. The van der Waals surface area contributed by atoms with Crippen molar-refractivity contribution in [3.63, 3.8) is 0 Å². The predicted molar refractivity (Wildman–Crippen MR) is 81.4 cm³/mol.